The number of hydrogen-bond donors (Lipinski definition) is 2. The zero-order valence-electron chi connectivity index (χ0n) is 11.9. The number of rotatable bonds is 2. The third-order valence-electron chi connectivity index (χ3n) is 3.29. The zero-order valence-corrected chi connectivity index (χ0v) is 11.9. The van der Waals surface area contributed by atoms with Crippen molar-refractivity contribution < 1.29 is 27.8 Å². The molecule has 122 valence electrons. The first-order valence-corrected chi connectivity index (χ1v) is 6.77. The Labute approximate surface area is 124 Å². The van der Waals surface area contributed by atoms with E-state index in [1.54, 1.807) is 7.11 Å². The second-order valence-electron chi connectivity index (χ2n) is 5.02. The minimum absolute atomic E-state index is 0.589. The summed E-state index contributed by atoms with van der Waals surface area (Å²) < 4.78 is 37.1. The van der Waals surface area contributed by atoms with E-state index in [1.807, 2.05) is 0 Å². The molecule has 2 N–H and O–H groups in total. The molecule has 1 aliphatic heterocycles. The Balaban J connectivity index is 0.000000217. The second kappa shape index (κ2) is 6.47. The van der Waals surface area contributed by atoms with Gasteiger partial charge in [0.2, 0.25) is 5.88 Å². The summed E-state index contributed by atoms with van der Waals surface area (Å²) in [5.74, 6) is -0.392. The maximum absolute atomic E-state index is 10.6. The first-order valence-electron chi connectivity index (χ1n) is 6.77. The van der Waals surface area contributed by atoms with Crippen molar-refractivity contribution in [1.29, 1.82) is 0 Å². The summed E-state index contributed by atoms with van der Waals surface area (Å²) in [7, 11) is 1.70. The minimum Gasteiger partial charge on any atom is -0.481 e. The third kappa shape index (κ3) is 4.06. The highest BCUT2D eigenvalue weighted by atomic mass is 19.4. The Bertz CT molecular complexity index is 542. The molecule has 9 heteroatoms. The van der Waals surface area contributed by atoms with Crippen LogP contribution in [0, 0.1) is 0 Å². The van der Waals surface area contributed by atoms with E-state index in [-0.39, 0.29) is 0 Å². The molecule has 2 heterocycles. The lowest BCUT2D eigenvalue weighted by Gasteiger charge is -2.18. The summed E-state index contributed by atoms with van der Waals surface area (Å²) in [4.78, 5) is 18.0. The van der Waals surface area contributed by atoms with E-state index in [1.165, 1.54) is 18.4 Å². The Kier molecular flexibility index (Phi) is 4.84. The van der Waals surface area contributed by atoms with Gasteiger partial charge in [-0.15, -0.1) is 0 Å². The van der Waals surface area contributed by atoms with Gasteiger partial charge in [-0.05, 0) is 25.8 Å². The van der Waals surface area contributed by atoms with Gasteiger partial charge in [0.15, 0.2) is 0 Å². The van der Waals surface area contributed by atoms with Crippen molar-refractivity contribution in [2.24, 2.45) is 0 Å². The number of ether oxygens (including phenoxy) is 1. The van der Waals surface area contributed by atoms with Crippen LogP contribution in [0.2, 0.25) is 0 Å². The number of aromatic nitrogens is 2. The quantitative estimate of drug-likeness (QED) is 0.862. The molecule has 3 rings (SSSR count). The molecular formula is C13H16F3N3O3. The average Bonchev–Trinajstić information content (AvgIpc) is 3.30. The molecule has 0 spiro atoms. The van der Waals surface area contributed by atoms with Gasteiger partial charge < -0.3 is 15.2 Å². The van der Waals surface area contributed by atoms with E-state index in [9.17, 15) is 13.2 Å². The van der Waals surface area contributed by atoms with Crippen LogP contribution in [0.25, 0.3) is 0 Å². The number of nitrogens with zero attached hydrogens (tertiary/aromatic N) is 2. The summed E-state index contributed by atoms with van der Waals surface area (Å²) in [6.07, 6.45) is -1.64. The second-order valence-corrected chi connectivity index (χ2v) is 5.02. The fraction of sp³-hybridized carbons (Fsp3) is 0.615. The summed E-state index contributed by atoms with van der Waals surface area (Å²) in [5, 5.41) is 10.5. The van der Waals surface area contributed by atoms with Gasteiger partial charge in [-0.3, -0.25) is 0 Å². The van der Waals surface area contributed by atoms with Gasteiger partial charge in [0, 0.05) is 18.0 Å². The van der Waals surface area contributed by atoms with Crippen LogP contribution in [-0.4, -0.2) is 40.9 Å². The fourth-order valence-electron chi connectivity index (χ4n) is 2.04. The molecule has 0 aromatic carbocycles. The highest BCUT2D eigenvalue weighted by Crippen LogP contribution is 2.39. The van der Waals surface area contributed by atoms with Gasteiger partial charge in [-0.1, -0.05) is 0 Å². The predicted octanol–water partition coefficient (Wildman–Crippen LogP) is 1.64. The van der Waals surface area contributed by atoms with Crippen molar-refractivity contribution in [3.05, 3.63) is 17.1 Å². The number of methoxy groups -OCH3 is 1. The van der Waals surface area contributed by atoms with E-state index in [0.717, 1.165) is 36.9 Å². The first kappa shape index (κ1) is 16.5. The molecule has 0 radical (unpaired) electrons. The number of alkyl halides is 3. The first-order chi connectivity index (χ1) is 10.3. The highest BCUT2D eigenvalue weighted by molar-refractivity contribution is 5.73. The molecular weight excluding hydrogens is 303 g/mol. The molecule has 0 saturated heterocycles. The van der Waals surface area contributed by atoms with Crippen LogP contribution in [0.4, 0.5) is 13.2 Å². The molecule has 6 nitrogen and oxygen atoms in total. The molecule has 1 aromatic rings. The van der Waals surface area contributed by atoms with Crippen molar-refractivity contribution in [3.63, 3.8) is 0 Å². The Morgan fingerprint density at radius 2 is 2.00 bits per heavy atom. The van der Waals surface area contributed by atoms with Crippen molar-refractivity contribution in [2.45, 2.75) is 37.9 Å². The number of halogens is 3. The van der Waals surface area contributed by atoms with E-state index in [2.05, 4.69) is 15.3 Å². The largest absolute Gasteiger partial charge is 0.490 e. The Hall–Kier alpha value is -1.90. The molecule has 0 bridgehead atoms. The molecule has 22 heavy (non-hydrogen) atoms. The SMILES string of the molecule is COc1nc(C2CC2)nc2c1CCNC2.O=C(O)C(F)(F)F. The van der Waals surface area contributed by atoms with Gasteiger partial charge in [-0.2, -0.15) is 18.2 Å². The Morgan fingerprint density at radius 1 is 1.36 bits per heavy atom. The van der Waals surface area contributed by atoms with Crippen molar-refractivity contribution in [2.75, 3.05) is 13.7 Å². The molecule has 1 aliphatic carbocycles. The van der Waals surface area contributed by atoms with Crippen LogP contribution in [0.1, 0.15) is 35.8 Å². The molecule has 1 aromatic heterocycles. The summed E-state index contributed by atoms with van der Waals surface area (Å²) in [6.45, 7) is 1.85. The summed E-state index contributed by atoms with van der Waals surface area (Å²) in [5.41, 5.74) is 2.33. The van der Waals surface area contributed by atoms with Crippen LogP contribution < -0.4 is 10.1 Å². The molecule has 0 amide bonds. The molecule has 1 fully saturated rings. The maximum Gasteiger partial charge on any atom is 0.490 e. The number of carbonyl (C=O) groups is 1. The van der Waals surface area contributed by atoms with Crippen LogP contribution in [0.5, 0.6) is 5.88 Å². The van der Waals surface area contributed by atoms with Crippen LogP contribution in [-0.2, 0) is 17.8 Å². The molecule has 1 saturated carbocycles. The maximum atomic E-state index is 10.6. The van der Waals surface area contributed by atoms with E-state index in [0.29, 0.717) is 5.92 Å². The predicted molar refractivity (Wildman–Crippen MR) is 69.7 cm³/mol. The van der Waals surface area contributed by atoms with Gasteiger partial charge in [0.25, 0.3) is 0 Å². The number of nitrogens with one attached hydrogen (secondary N) is 1. The molecule has 2 aliphatic rings. The minimum atomic E-state index is -5.08. The van der Waals surface area contributed by atoms with Gasteiger partial charge in [0.1, 0.15) is 5.82 Å². The smallest absolute Gasteiger partial charge is 0.481 e. The normalized spacial score (nSPS) is 17.1. The average molecular weight is 319 g/mol. The molecule has 0 unspecified atom stereocenters. The lowest BCUT2D eigenvalue weighted by Crippen LogP contribution is -2.26. The van der Waals surface area contributed by atoms with Crippen LogP contribution in [0.3, 0.4) is 0 Å². The van der Waals surface area contributed by atoms with Crippen LogP contribution >= 0.6 is 0 Å². The summed E-state index contributed by atoms with van der Waals surface area (Å²) in [6, 6.07) is 0. The monoisotopic (exact) mass is 319 g/mol. The highest BCUT2D eigenvalue weighted by Gasteiger charge is 2.38. The fourth-order valence-corrected chi connectivity index (χ4v) is 2.04. The number of hydrogen-bond acceptors (Lipinski definition) is 5. The number of fused-ring (bicyclic) bond motifs is 1. The summed E-state index contributed by atoms with van der Waals surface area (Å²) >= 11 is 0. The lowest BCUT2D eigenvalue weighted by molar-refractivity contribution is -0.192. The zero-order chi connectivity index (χ0) is 16.3. The number of carboxylic acids is 1. The van der Waals surface area contributed by atoms with E-state index in [4.69, 9.17) is 14.6 Å². The number of carboxylic acid groups (broad SMARTS) is 1. The van der Waals surface area contributed by atoms with Crippen molar-refractivity contribution >= 4 is 5.97 Å². The lowest BCUT2D eigenvalue weighted by atomic mass is 10.1. The van der Waals surface area contributed by atoms with Crippen LogP contribution in [0.15, 0.2) is 0 Å². The van der Waals surface area contributed by atoms with Crippen molar-refractivity contribution in [3.8, 4) is 5.88 Å². The van der Waals surface area contributed by atoms with E-state index < -0.39 is 12.1 Å². The Morgan fingerprint density at radius 3 is 2.50 bits per heavy atom. The van der Waals surface area contributed by atoms with Gasteiger partial charge in [-0.25, -0.2) is 9.78 Å². The third-order valence-corrected chi connectivity index (χ3v) is 3.29. The van der Waals surface area contributed by atoms with E-state index >= 15 is 0 Å². The number of aliphatic carboxylic acids is 1. The molecule has 0 atom stereocenters. The van der Waals surface area contributed by atoms with Crippen molar-refractivity contribution in [1.82, 2.24) is 15.3 Å². The topological polar surface area (TPSA) is 84.3 Å². The van der Waals surface area contributed by atoms with Gasteiger partial charge in [0.05, 0.1) is 12.8 Å². The standard InChI is InChI=1S/C11H15N3O.C2HF3O2/c1-15-11-8-4-5-12-6-9(8)13-10(14-11)7-2-3-7;3-2(4,5)1(6)7/h7,12H,2-6H2,1H3;(H,6,7). The van der Waals surface area contributed by atoms with Gasteiger partial charge >= 0.3 is 12.1 Å².